The van der Waals surface area contributed by atoms with Crippen molar-refractivity contribution in [1.82, 2.24) is 10.2 Å². The molecule has 1 fully saturated rings. The molecular weight excluding hydrogens is 417 g/mol. The van der Waals surface area contributed by atoms with Crippen molar-refractivity contribution in [3.63, 3.8) is 0 Å². The molecular formula is C22H24FN5O4. The molecule has 1 saturated heterocycles. The summed E-state index contributed by atoms with van der Waals surface area (Å²) in [6.07, 6.45) is 1.31. The van der Waals surface area contributed by atoms with E-state index < -0.39 is 17.6 Å². The highest BCUT2D eigenvalue weighted by atomic mass is 19.1. The molecule has 32 heavy (non-hydrogen) atoms. The Hall–Kier alpha value is -3.79. The smallest absolute Gasteiger partial charge is 0.251 e. The van der Waals surface area contributed by atoms with Gasteiger partial charge in [0.1, 0.15) is 5.82 Å². The van der Waals surface area contributed by atoms with Crippen LogP contribution in [0.4, 0.5) is 10.1 Å². The number of nitrogens with one attached hydrogen (secondary N) is 2. The van der Waals surface area contributed by atoms with E-state index in [0.717, 1.165) is 0 Å². The molecule has 2 aromatic rings. The Labute approximate surface area is 183 Å². The lowest BCUT2D eigenvalue weighted by atomic mass is 10.0. The third-order valence-corrected chi connectivity index (χ3v) is 5.18. The SMILES string of the molecule is NC(=O)c1cc(NC(=O)CN2CCC(NC(=O)c3ccc(F)cc3)CC2)cc(C(N)=O)c1. The third-order valence-electron chi connectivity index (χ3n) is 5.18. The number of carbonyl (C=O) groups excluding carboxylic acids is 4. The van der Waals surface area contributed by atoms with Crippen molar-refractivity contribution in [3.8, 4) is 0 Å². The first-order valence-electron chi connectivity index (χ1n) is 10.0. The Kier molecular flexibility index (Phi) is 7.16. The lowest BCUT2D eigenvalue weighted by Gasteiger charge is -2.31. The maximum Gasteiger partial charge on any atom is 0.251 e. The second-order valence-corrected chi connectivity index (χ2v) is 7.61. The standard InChI is InChI=1S/C22H24FN5O4/c23-16-3-1-13(2-4-16)22(32)27-17-5-7-28(8-6-17)12-19(29)26-18-10-14(20(24)30)9-15(11-18)21(25)31/h1-4,9-11,17H,5-8,12H2,(H2,24,30)(H2,25,31)(H,26,29)(H,27,32). The first kappa shape index (κ1) is 22.9. The summed E-state index contributed by atoms with van der Waals surface area (Å²) in [5.41, 5.74) is 11.3. The normalized spacial score (nSPS) is 14.5. The molecule has 0 aromatic heterocycles. The topological polar surface area (TPSA) is 148 Å². The lowest BCUT2D eigenvalue weighted by Crippen LogP contribution is -2.46. The zero-order chi connectivity index (χ0) is 23.3. The molecule has 0 atom stereocenters. The Balaban J connectivity index is 1.50. The van der Waals surface area contributed by atoms with Gasteiger partial charge in [0.05, 0.1) is 6.54 Å². The molecule has 0 spiro atoms. The summed E-state index contributed by atoms with van der Waals surface area (Å²) < 4.78 is 13.0. The van der Waals surface area contributed by atoms with E-state index in [1.807, 2.05) is 4.90 Å². The van der Waals surface area contributed by atoms with Crippen molar-refractivity contribution in [2.24, 2.45) is 11.5 Å². The van der Waals surface area contributed by atoms with Crippen LogP contribution in [0.2, 0.25) is 0 Å². The quantitative estimate of drug-likeness (QED) is 0.503. The number of primary amides is 2. The first-order valence-corrected chi connectivity index (χ1v) is 10.0. The van der Waals surface area contributed by atoms with Crippen molar-refractivity contribution in [1.29, 1.82) is 0 Å². The molecule has 0 aliphatic carbocycles. The van der Waals surface area contributed by atoms with Crippen molar-refractivity contribution < 1.29 is 23.6 Å². The average molecular weight is 441 g/mol. The number of nitrogens with two attached hydrogens (primary N) is 2. The van der Waals surface area contributed by atoms with Crippen LogP contribution in [-0.4, -0.2) is 54.2 Å². The Morgan fingerprint density at radius 1 is 0.906 bits per heavy atom. The Bertz CT molecular complexity index is 1000. The highest BCUT2D eigenvalue weighted by molar-refractivity contribution is 6.02. The summed E-state index contributed by atoms with van der Waals surface area (Å²) >= 11 is 0. The van der Waals surface area contributed by atoms with Crippen molar-refractivity contribution >= 4 is 29.3 Å². The van der Waals surface area contributed by atoms with Gasteiger partial charge in [0, 0.05) is 41.5 Å². The third kappa shape index (κ3) is 6.11. The second kappa shape index (κ2) is 10.0. The molecule has 10 heteroatoms. The number of hydrogen-bond donors (Lipinski definition) is 4. The fraction of sp³-hybridized carbons (Fsp3) is 0.273. The monoisotopic (exact) mass is 441 g/mol. The van der Waals surface area contributed by atoms with Gasteiger partial charge in [-0.25, -0.2) is 4.39 Å². The van der Waals surface area contributed by atoms with Crippen LogP contribution in [0.1, 0.15) is 43.9 Å². The summed E-state index contributed by atoms with van der Waals surface area (Å²) in [7, 11) is 0. The van der Waals surface area contributed by atoms with Gasteiger partial charge in [-0.05, 0) is 55.3 Å². The molecule has 4 amide bonds. The van der Waals surface area contributed by atoms with Gasteiger partial charge in [0.25, 0.3) is 5.91 Å². The number of anilines is 1. The minimum absolute atomic E-state index is 0.0442. The molecule has 1 heterocycles. The van der Waals surface area contributed by atoms with Gasteiger partial charge in [-0.15, -0.1) is 0 Å². The van der Waals surface area contributed by atoms with Crippen molar-refractivity contribution in [2.75, 3.05) is 25.0 Å². The molecule has 0 saturated carbocycles. The van der Waals surface area contributed by atoms with E-state index in [1.54, 1.807) is 0 Å². The van der Waals surface area contributed by atoms with Crippen LogP contribution < -0.4 is 22.1 Å². The van der Waals surface area contributed by atoms with Gasteiger partial charge in [0.15, 0.2) is 0 Å². The number of benzene rings is 2. The first-order chi connectivity index (χ1) is 15.2. The van der Waals surface area contributed by atoms with Gasteiger partial charge in [-0.2, -0.15) is 0 Å². The fourth-order valence-corrected chi connectivity index (χ4v) is 3.49. The van der Waals surface area contributed by atoms with Crippen LogP contribution in [0.25, 0.3) is 0 Å². The highest BCUT2D eigenvalue weighted by Crippen LogP contribution is 2.16. The molecule has 1 aliphatic heterocycles. The van der Waals surface area contributed by atoms with E-state index in [0.29, 0.717) is 31.5 Å². The van der Waals surface area contributed by atoms with E-state index in [4.69, 9.17) is 11.5 Å². The maximum atomic E-state index is 13.0. The number of halogens is 1. The number of piperidine rings is 1. The van der Waals surface area contributed by atoms with E-state index in [9.17, 15) is 23.6 Å². The van der Waals surface area contributed by atoms with E-state index in [-0.39, 0.29) is 41.2 Å². The summed E-state index contributed by atoms with van der Waals surface area (Å²) in [5.74, 6) is -2.47. The van der Waals surface area contributed by atoms with E-state index in [1.165, 1.54) is 42.5 Å². The fourth-order valence-electron chi connectivity index (χ4n) is 3.49. The predicted octanol–water partition coefficient (Wildman–Crippen LogP) is 0.856. The zero-order valence-corrected chi connectivity index (χ0v) is 17.3. The molecule has 6 N–H and O–H groups in total. The molecule has 0 unspecified atom stereocenters. The average Bonchev–Trinajstić information content (AvgIpc) is 2.75. The van der Waals surface area contributed by atoms with Crippen molar-refractivity contribution in [2.45, 2.75) is 18.9 Å². The Morgan fingerprint density at radius 2 is 1.47 bits per heavy atom. The number of rotatable bonds is 7. The lowest BCUT2D eigenvalue weighted by molar-refractivity contribution is -0.117. The Morgan fingerprint density at radius 3 is 2.00 bits per heavy atom. The number of hydrogen-bond acceptors (Lipinski definition) is 5. The largest absolute Gasteiger partial charge is 0.366 e. The number of amides is 4. The summed E-state index contributed by atoms with van der Waals surface area (Å²) in [6, 6.07) is 9.32. The minimum Gasteiger partial charge on any atom is -0.366 e. The van der Waals surface area contributed by atoms with Gasteiger partial charge in [-0.1, -0.05) is 0 Å². The number of likely N-dealkylation sites (tertiary alicyclic amines) is 1. The van der Waals surface area contributed by atoms with Crippen LogP contribution >= 0.6 is 0 Å². The molecule has 2 aromatic carbocycles. The maximum absolute atomic E-state index is 13.0. The van der Waals surface area contributed by atoms with Crippen LogP contribution in [-0.2, 0) is 4.79 Å². The molecule has 0 bridgehead atoms. The molecule has 3 rings (SSSR count). The predicted molar refractivity (Wildman–Crippen MR) is 115 cm³/mol. The number of carbonyl (C=O) groups is 4. The van der Waals surface area contributed by atoms with Crippen molar-refractivity contribution in [3.05, 3.63) is 65.0 Å². The number of nitrogens with zero attached hydrogens (tertiary/aromatic N) is 1. The molecule has 9 nitrogen and oxygen atoms in total. The van der Waals surface area contributed by atoms with Crippen LogP contribution in [0.15, 0.2) is 42.5 Å². The van der Waals surface area contributed by atoms with Crippen LogP contribution in [0.5, 0.6) is 0 Å². The highest BCUT2D eigenvalue weighted by Gasteiger charge is 2.23. The summed E-state index contributed by atoms with van der Waals surface area (Å²) in [5, 5.41) is 5.58. The second-order valence-electron chi connectivity index (χ2n) is 7.61. The molecule has 0 radical (unpaired) electrons. The van der Waals surface area contributed by atoms with E-state index in [2.05, 4.69) is 10.6 Å². The van der Waals surface area contributed by atoms with Gasteiger partial charge < -0.3 is 22.1 Å². The van der Waals surface area contributed by atoms with Gasteiger partial charge in [0.2, 0.25) is 17.7 Å². The minimum atomic E-state index is -0.742. The van der Waals surface area contributed by atoms with Crippen LogP contribution in [0.3, 0.4) is 0 Å². The van der Waals surface area contributed by atoms with E-state index >= 15 is 0 Å². The zero-order valence-electron chi connectivity index (χ0n) is 17.3. The molecule has 1 aliphatic rings. The van der Waals surface area contributed by atoms with Crippen LogP contribution in [0, 0.1) is 5.82 Å². The van der Waals surface area contributed by atoms with Gasteiger partial charge in [-0.3, -0.25) is 24.1 Å². The molecule has 168 valence electrons. The summed E-state index contributed by atoms with van der Waals surface area (Å²) in [4.78, 5) is 49.5. The summed E-state index contributed by atoms with van der Waals surface area (Å²) in [6.45, 7) is 1.29. The van der Waals surface area contributed by atoms with Gasteiger partial charge >= 0.3 is 0 Å².